The third kappa shape index (κ3) is 1.57. The first-order valence-corrected chi connectivity index (χ1v) is 6.47. The molecule has 0 unspecified atom stereocenters. The lowest BCUT2D eigenvalue weighted by atomic mass is 10.1. The quantitative estimate of drug-likeness (QED) is 0.459. The second-order valence-electron chi connectivity index (χ2n) is 2.85. The van der Waals surface area contributed by atoms with Crippen molar-refractivity contribution in [2.45, 2.75) is 5.88 Å². The molecule has 2 aromatic rings. The van der Waals surface area contributed by atoms with Crippen molar-refractivity contribution in [2.24, 2.45) is 0 Å². The van der Waals surface area contributed by atoms with E-state index in [0.717, 1.165) is 31.1 Å². The van der Waals surface area contributed by atoms with E-state index >= 15 is 0 Å². The van der Waals surface area contributed by atoms with Crippen LogP contribution in [-0.2, 0) is 5.88 Å². The largest absolute Gasteiger partial charge is 0.298 e. The third-order valence-electron chi connectivity index (χ3n) is 2.05. The predicted octanol–water partition coefficient (Wildman–Crippen LogP) is 4.06. The van der Waals surface area contributed by atoms with Gasteiger partial charge in [0.15, 0.2) is 6.29 Å². The highest BCUT2D eigenvalue weighted by atomic mass is 127. The lowest BCUT2D eigenvalue weighted by Gasteiger charge is -2.04. The van der Waals surface area contributed by atoms with Crippen LogP contribution in [0.4, 0.5) is 0 Å². The molecule has 0 saturated carbocycles. The molecule has 0 fully saturated rings. The Hall–Kier alpha value is -0.130. The van der Waals surface area contributed by atoms with Crippen molar-refractivity contribution in [3.05, 3.63) is 32.2 Å². The van der Waals surface area contributed by atoms with Gasteiger partial charge in [0.05, 0.1) is 0 Å². The number of thiophene rings is 1. The molecule has 4 heteroatoms. The zero-order chi connectivity index (χ0) is 10.1. The van der Waals surface area contributed by atoms with Gasteiger partial charge >= 0.3 is 0 Å². The molecule has 1 nitrogen and oxygen atoms in total. The first-order chi connectivity index (χ1) is 6.77. The van der Waals surface area contributed by atoms with Crippen LogP contribution in [0, 0.1) is 3.57 Å². The van der Waals surface area contributed by atoms with Gasteiger partial charge in [0.2, 0.25) is 0 Å². The Bertz CT molecular complexity index is 492. The van der Waals surface area contributed by atoms with Crippen molar-refractivity contribution in [2.75, 3.05) is 0 Å². The van der Waals surface area contributed by atoms with Gasteiger partial charge < -0.3 is 0 Å². The summed E-state index contributed by atoms with van der Waals surface area (Å²) in [5.74, 6) is 0.449. The van der Waals surface area contributed by atoms with Crippen LogP contribution >= 0.6 is 45.5 Å². The molecular weight excluding hydrogens is 331 g/mol. The predicted molar refractivity (Wildman–Crippen MR) is 69.5 cm³/mol. The molecule has 0 amide bonds. The Morgan fingerprint density at radius 1 is 1.57 bits per heavy atom. The molecule has 0 N–H and O–H groups in total. The molecule has 72 valence electrons. The minimum atomic E-state index is 0.449. The van der Waals surface area contributed by atoms with Crippen LogP contribution in [0.15, 0.2) is 17.5 Å². The first kappa shape index (κ1) is 10.4. The number of benzene rings is 1. The average molecular weight is 337 g/mol. The normalized spacial score (nSPS) is 10.7. The van der Waals surface area contributed by atoms with Gasteiger partial charge in [-0.2, -0.15) is 0 Å². The number of alkyl halides is 1. The number of fused-ring (bicyclic) bond motifs is 1. The fourth-order valence-corrected chi connectivity index (χ4v) is 3.63. The van der Waals surface area contributed by atoms with E-state index in [4.69, 9.17) is 11.6 Å². The van der Waals surface area contributed by atoms with Crippen molar-refractivity contribution >= 4 is 61.9 Å². The number of hydrogen-bond acceptors (Lipinski definition) is 2. The van der Waals surface area contributed by atoms with Gasteiger partial charge in [0, 0.05) is 19.7 Å². The Morgan fingerprint density at radius 2 is 2.36 bits per heavy atom. The van der Waals surface area contributed by atoms with Crippen molar-refractivity contribution < 1.29 is 4.79 Å². The standard InChI is InChI=1S/C10H6ClIOS/c11-4-7-3-6-1-2-14-10(6)8(5-13)9(7)12/h1-3,5H,4H2. The van der Waals surface area contributed by atoms with E-state index < -0.39 is 0 Å². The molecule has 0 bridgehead atoms. The van der Waals surface area contributed by atoms with Crippen molar-refractivity contribution in [3.8, 4) is 0 Å². The minimum absolute atomic E-state index is 0.449. The summed E-state index contributed by atoms with van der Waals surface area (Å²) in [5, 5.41) is 3.10. The average Bonchev–Trinajstić information content (AvgIpc) is 2.64. The summed E-state index contributed by atoms with van der Waals surface area (Å²) < 4.78 is 2.03. The summed E-state index contributed by atoms with van der Waals surface area (Å²) in [6, 6.07) is 4.06. The Morgan fingerprint density at radius 3 is 3.00 bits per heavy atom. The van der Waals surface area contributed by atoms with Crippen LogP contribution in [0.5, 0.6) is 0 Å². The number of halogens is 2. The summed E-state index contributed by atoms with van der Waals surface area (Å²) in [7, 11) is 0. The lowest BCUT2D eigenvalue weighted by molar-refractivity contribution is 0.112. The van der Waals surface area contributed by atoms with E-state index in [1.54, 1.807) is 11.3 Å². The number of aldehydes is 1. The van der Waals surface area contributed by atoms with E-state index in [1.165, 1.54) is 0 Å². The van der Waals surface area contributed by atoms with Gasteiger partial charge in [-0.25, -0.2) is 0 Å². The van der Waals surface area contributed by atoms with Crippen molar-refractivity contribution in [3.63, 3.8) is 0 Å². The van der Waals surface area contributed by atoms with Gasteiger partial charge in [-0.15, -0.1) is 22.9 Å². The fourth-order valence-electron chi connectivity index (χ4n) is 1.38. The van der Waals surface area contributed by atoms with E-state index in [2.05, 4.69) is 22.6 Å². The highest BCUT2D eigenvalue weighted by Gasteiger charge is 2.10. The van der Waals surface area contributed by atoms with E-state index in [1.807, 2.05) is 17.5 Å². The van der Waals surface area contributed by atoms with Crippen LogP contribution in [0.25, 0.3) is 10.1 Å². The summed E-state index contributed by atoms with van der Waals surface area (Å²) in [4.78, 5) is 11.0. The second-order valence-corrected chi connectivity index (χ2v) is 5.12. The Kier molecular flexibility index (Phi) is 3.09. The first-order valence-electron chi connectivity index (χ1n) is 3.97. The maximum absolute atomic E-state index is 11.0. The molecule has 0 spiro atoms. The van der Waals surface area contributed by atoms with Crippen LogP contribution in [0.2, 0.25) is 0 Å². The number of hydrogen-bond donors (Lipinski definition) is 0. The molecule has 14 heavy (non-hydrogen) atoms. The monoisotopic (exact) mass is 336 g/mol. The Labute approximate surface area is 104 Å². The van der Waals surface area contributed by atoms with Crippen LogP contribution in [0.1, 0.15) is 15.9 Å². The van der Waals surface area contributed by atoms with E-state index in [9.17, 15) is 4.79 Å². The number of carbonyl (C=O) groups excluding carboxylic acids is 1. The zero-order valence-corrected chi connectivity index (χ0v) is 10.8. The Balaban J connectivity index is 2.87. The molecule has 1 aromatic carbocycles. The van der Waals surface area contributed by atoms with Crippen LogP contribution in [0.3, 0.4) is 0 Å². The topological polar surface area (TPSA) is 17.1 Å². The SMILES string of the molecule is O=Cc1c(I)c(CCl)cc2ccsc12. The van der Waals surface area contributed by atoms with Crippen LogP contribution < -0.4 is 0 Å². The van der Waals surface area contributed by atoms with E-state index in [0.29, 0.717) is 5.88 Å². The number of rotatable bonds is 2. The molecular formula is C10H6ClIOS. The highest BCUT2D eigenvalue weighted by Crippen LogP contribution is 2.30. The summed E-state index contributed by atoms with van der Waals surface area (Å²) in [6.45, 7) is 0. The summed E-state index contributed by atoms with van der Waals surface area (Å²) >= 11 is 9.58. The van der Waals surface area contributed by atoms with E-state index in [-0.39, 0.29) is 0 Å². The molecule has 0 aliphatic rings. The maximum Gasteiger partial charge on any atom is 0.152 e. The number of carbonyl (C=O) groups is 1. The van der Waals surface area contributed by atoms with Gasteiger partial charge in [0.25, 0.3) is 0 Å². The fraction of sp³-hybridized carbons (Fsp3) is 0.100. The molecule has 2 rings (SSSR count). The summed E-state index contributed by atoms with van der Waals surface area (Å²) in [5.41, 5.74) is 1.80. The highest BCUT2D eigenvalue weighted by molar-refractivity contribution is 14.1. The molecule has 1 heterocycles. The zero-order valence-electron chi connectivity index (χ0n) is 7.09. The van der Waals surface area contributed by atoms with Crippen molar-refractivity contribution in [1.29, 1.82) is 0 Å². The van der Waals surface area contributed by atoms with Gasteiger partial charge in [-0.3, -0.25) is 4.79 Å². The molecule has 1 aromatic heterocycles. The molecule has 0 aliphatic carbocycles. The van der Waals surface area contributed by atoms with Gasteiger partial charge in [0.1, 0.15) is 0 Å². The molecule has 0 radical (unpaired) electrons. The second kappa shape index (κ2) is 4.16. The molecule has 0 saturated heterocycles. The maximum atomic E-state index is 11.0. The van der Waals surface area contributed by atoms with Gasteiger partial charge in [-0.05, 0) is 51.1 Å². The lowest BCUT2D eigenvalue weighted by Crippen LogP contribution is -1.92. The van der Waals surface area contributed by atoms with Crippen LogP contribution in [-0.4, -0.2) is 6.29 Å². The van der Waals surface area contributed by atoms with Crippen molar-refractivity contribution in [1.82, 2.24) is 0 Å². The minimum Gasteiger partial charge on any atom is -0.298 e. The molecule has 0 atom stereocenters. The third-order valence-corrected chi connectivity index (χ3v) is 4.58. The summed E-state index contributed by atoms with van der Waals surface area (Å²) in [6.07, 6.45) is 0.913. The van der Waals surface area contributed by atoms with Gasteiger partial charge in [-0.1, -0.05) is 0 Å². The smallest absolute Gasteiger partial charge is 0.152 e. The molecule has 0 aliphatic heterocycles.